The van der Waals surface area contributed by atoms with Gasteiger partial charge in [-0.15, -0.1) is 0 Å². The second-order valence-electron chi connectivity index (χ2n) is 12.3. The molecule has 1 saturated carbocycles. The van der Waals surface area contributed by atoms with E-state index >= 15 is 0 Å². The Morgan fingerprint density at radius 2 is 1.81 bits per heavy atom. The summed E-state index contributed by atoms with van der Waals surface area (Å²) in [5, 5.41) is 19.1. The van der Waals surface area contributed by atoms with E-state index in [-0.39, 0.29) is 18.1 Å². The number of carbonyl (C=O) groups excluding carboxylic acids is 1. The normalized spacial score (nSPS) is 21.7. The highest BCUT2D eigenvalue weighted by atomic mass is 16.3. The summed E-state index contributed by atoms with van der Waals surface area (Å²) in [6.07, 6.45) is 6.74. The standard InChI is InChI=1S/C33H42N8O2/c1-33(14-12-26(13-15-33)40-18-16-39(2)17-19-40)41-32-29(31(34)35-22-36-32)30(38-41)24-9-10-27(25(20-24)21-42)37-28(43)11-8-23-6-4-3-5-7-23/h3-7,9-10,20,22,26,42H,8,11-19,21H2,1-2H3,(H,37,43)(H2,34,35,36). The molecule has 0 radical (unpaired) electrons. The van der Waals surface area contributed by atoms with Gasteiger partial charge in [-0.25, -0.2) is 14.6 Å². The van der Waals surface area contributed by atoms with Gasteiger partial charge in [0, 0.05) is 55.5 Å². The van der Waals surface area contributed by atoms with Crippen LogP contribution in [0, 0.1) is 0 Å². The Morgan fingerprint density at radius 1 is 1.07 bits per heavy atom. The maximum Gasteiger partial charge on any atom is 0.224 e. The number of nitrogens with one attached hydrogen (secondary N) is 1. The second kappa shape index (κ2) is 12.4. The number of hydrogen-bond acceptors (Lipinski definition) is 8. The molecule has 0 spiro atoms. The van der Waals surface area contributed by atoms with Crippen molar-refractivity contribution in [3.8, 4) is 11.3 Å². The highest BCUT2D eigenvalue weighted by Gasteiger charge is 2.38. The number of hydrogen-bond donors (Lipinski definition) is 3. The molecule has 2 aromatic carbocycles. The molecule has 1 aliphatic carbocycles. The predicted molar refractivity (Wildman–Crippen MR) is 169 cm³/mol. The van der Waals surface area contributed by atoms with Gasteiger partial charge in [-0.1, -0.05) is 36.4 Å². The molecule has 0 unspecified atom stereocenters. The molecule has 2 aliphatic rings. The number of nitrogens with zero attached hydrogens (tertiary/aromatic N) is 6. The Labute approximate surface area is 252 Å². The first-order valence-electron chi connectivity index (χ1n) is 15.3. The van der Waals surface area contributed by atoms with Crippen molar-refractivity contribution in [3.63, 3.8) is 0 Å². The Bertz CT molecular complexity index is 1570. The molecule has 2 fully saturated rings. The number of aliphatic hydroxyl groups is 1. The van der Waals surface area contributed by atoms with E-state index in [9.17, 15) is 9.90 Å². The summed E-state index contributed by atoms with van der Waals surface area (Å²) in [6.45, 7) is 6.57. The van der Waals surface area contributed by atoms with E-state index in [1.54, 1.807) is 0 Å². The molecule has 2 aromatic heterocycles. The maximum absolute atomic E-state index is 12.7. The van der Waals surface area contributed by atoms with Crippen LogP contribution in [0.3, 0.4) is 0 Å². The number of nitrogen functional groups attached to an aromatic ring is 1. The molecule has 4 aromatic rings. The van der Waals surface area contributed by atoms with Crippen molar-refractivity contribution in [2.75, 3.05) is 44.3 Å². The SMILES string of the molecule is CN1CCN(C2CCC(C)(n3nc(-c4ccc(NC(=O)CCc5ccccc5)c(CO)c4)c4c(N)ncnc43)CC2)CC1. The lowest BCUT2D eigenvalue weighted by Crippen LogP contribution is -2.51. The minimum Gasteiger partial charge on any atom is -0.392 e. The van der Waals surface area contributed by atoms with E-state index < -0.39 is 0 Å². The van der Waals surface area contributed by atoms with E-state index in [0.717, 1.165) is 68.6 Å². The molecule has 1 amide bonds. The summed E-state index contributed by atoms with van der Waals surface area (Å²) in [5.74, 6) is 0.281. The van der Waals surface area contributed by atoms with Crippen LogP contribution in [0.1, 0.15) is 50.2 Å². The molecule has 0 atom stereocenters. The van der Waals surface area contributed by atoms with Gasteiger partial charge in [-0.3, -0.25) is 9.69 Å². The van der Waals surface area contributed by atoms with Gasteiger partial charge in [0.05, 0.1) is 17.5 Å². The Hall–Kier alpha value is -3.86. The summed E-state index contributed by atoms with van der Waals surface area (Å²) < 4.78 is 2.06. The van der Waals surface area contributed by atoms with Crippen LogP contribution in [-0.4, -0.2) is 79.8 Å². The molecule has 10 nitrogen and oxygen atoms in total. The number of likely N-dealkylation sites (N-methyl/N-ethyl adjacent to an activating group) is 1. The number of carbonyl (C=O) groups is 1. The Balaban J connectivity index is 1.24. The number of aromatic nitrogens is 4. The third kappa shape index (κ3) is 6.13. The quantitative estimate of drug-likeness (QED) is 0.284. The molecule has 1 saturated heterocycles. The van der Waals surface area contributed by atoms with Crippen LogP contribution in [0.4, 0.5) is 11.5 Å². The van der Waals surface area contributed by atoms with E-state index in [2.05, 4.69) is 43.7 Å². The number of rotatable bonds is 8. The smallest absolute Gasteiger partial charge is 0.224 e. The van der Waals surface area contributed by atoms with Gasteiger partial charge in [0.1, 0.15) is 17.8 Å². The van der Waals surface area contributed by atoms with E-state index in [0.29, 0.717) is 47.0 Å². The van der Waals surface area contributed by atoms with E-state index in [1.807, 2.05) is 48.5 Å². The fraction of sp³-hybridized carbons (Fsp3) is 0.455. The van der Waals surface area contributed by atoms with Crippen molar-refractivity contribution in [2.24, 2.45) is 0 Å². The number of benzene rings is 2. The summed E-state index contributed by atoms with van der Waals surface area (Å²) in [7, 11) is 2.20. The van der Waals surface area contributed by atoms with Gasteiger partial charge < -0.3 is 21.1 Å². The lowest BCUT2D eigenvalue weighted by atomic mass is 9.80. The fourth-order valence-electron chi connectivity index (χ4n) is 6.65. The van der Waals surface area contributed by atoms with Crippen molar-refractivity contribution in [2.45, 2.75) is 63.6 Å². The lowest BCUT2D eigenvalue weighted by molar-refractivity contribution is -0.116. The molecule has 6 rings (SSSR count). The number of anilines is 2. The van der Waals surface area contributed by atoms with Crippen LogP contribution in [0.15, 0.2) is 54.9 Å². The van der Waals surface area contributed by atoms with Gasteiger partial charge in [0.25, 0.3) is 0 Å². The van der Waals surface area contributed by atoms with Crippen molar-refractivity contribution >= 4 is 28.4 Å². The largest absolute Gasteiger partial charge is 0.392 e. The van der Waals surface area contributed by atoms with Crippen LogP contribution in [0.25, 0.3) is 22.3 Å². The van der Waals surface area contributed by atoms with Gasteiger partial charge in [-0.05, 0) is 63.8 Å². The van der Waals surface area contributed by atoms with Crippen LogP contribution < -0.4 is 11.1 Å². The lowest BCUT2D eigenvalue weighted by Gasteiger charge is -2.44. The summed E-state index contributed by atoms with van der Waals surface area (Å²) in [6, 6.07) is 16.1. The second-order valence-corrected chi connectivity index (χ2v) is 12.3. The highest BCUT2D eigenvalue weighted by Crippen LogP contribution is 2.41. The topological polar surface area (TPSA) is 125 Å². The number of amides is 1. The average Bonchev–Trinajstić information content (AvgIpc) is 3.44. The molecule has 4 N–H and O–H groups in total. The van der Waals surface area contributed by atoms with Crippen molar-refractivity contribution in [1.29, 1.82) is 0 Å². The highest BCUT2D eigenvalue weighted by molar-refractivity contribution is 5.99. The van der Waals surface area contributed by atoms with Gasteiger partial charge in [-0.2, -0.15) is 5.10 Å². The third-order valence-electron chi connectivity index (χ3n) is 9.40. The Kier molecular flexibility index (Phi) is 8.43. The summed E-state index contributed by atoms with van der Waals surface area (Å²) >= 11 is 0. The number of aliphatic hydroxyl groups excluding tert-OH is 1. The number of fused-ring (bicyclic) bond motifs is 1. The first kappa shape index (κ1) is 29.2. The number of nitrogens with two attached hydrogens (primary N) is 1. The molecule has 43 heavy (non-hydrogen) atoms. The van der Waals surface area contributed by atoms with Crippen LogP contribution in [0.5, 0.6) is 0 Å². The van der Waals surface area contributed by atoms with Gasteiger partial charge in [0.15, 0.2) is 5.65 Å². The zero-order valence-electron chi connectivity index (χ0n) is 25.2. The zero-order valence-corrected chi connectivity index (χ0v) is 25.2. The molecule has 1 aliphatic heterocycles. The van der Waals surface area contributed by atoms with Crippen molar-refractivity contribution in [3.05, 3.63) is 66.0 Å². The molecule has 3 heterocycles. The Morgan fingerprint density at radius 3 is 2.53 bits per heavy atom. The fourth-order valence-corrected chi connectivity index (χ4v) is 6.65. The van der Waals surface area contributed by atoms with Crippen molar-refractivity contribution in [1.82, 2.24) is 29.5 Å². The van der Waals surface area contributed by atoms with E-state index in [1.165, 1.54) is 6.33 Å². The number of aryl methyl sites for hydroxylation is 1. The van der Waals surface area contributed by atoms with Crippen LogP contribution in [0.2, 0.25) is 0 Å². The molecular weight excluding hydrogens is 540 g/mol. The molecular formula is C33H42N8O2. The van der Waals surface area contributed by atoms with Gasteiger partial charge in [0.2, 0.25) is 5.91 Å². The van der Waals surface area contributed by atoms with E-state index in [4.69, 9.17) is 10.8 Å². The average molecular weight is 583 g/mol. The summed E-state index contributed by atoms with van der Waals surface area (Å²) in [5.41, 5.74) is 10.8. The molecule has 226 valence electrons. The molecule has 10 heteroatoms. The number of piperazine rings is 1. The predicted octanol–water partition coefficient (Wildman–Crippen LogP) is 4.04. The van der Waals surface area contributed by atoms with Crippen LogP contribution in [-0.2, 0) is 23.4 Å². The first-order valence-corrected chi connectivity index (χ1v) is 15.3. The molecule has 0 bridgehead atoms. The first-order chi connectivity index (χ1) is 20.8. The maximum atomic E-state index is 12.7. The zero-order chi connectivity index (χ0) is 30.0. The van der Waals surface area contributed by atoms with Crippen molar-refractivity contribution < 1.29 is 9.90 Å². The minimum atomic E-state index is -0.224. The summed E-state index contributed by atoms with van der Waals surface area (Å²) in [4.78, 5) is 26.7. The van der Waals surface area contributed by atoms with Crippen LogP contribution >= 0.6 is 0 Å². The monoisotopic (exact) mass is 582 g/mol. The van der Waals surface area contributed by atoms with Gasteiger partial charge >= 0.3 is 0 Å². The minimum absolute atomic E-state index is 0.0984. The third-order valence-corrected chi connectivity index (χ3v) is 9.40.